The van der Waals surface area contributed by atoms with Crippen LogP contribution in [0.15, 0.2) is 10.7 Å². The lowest BCUT2D eigenvalue weighted by molar-refractivity contribution is -0.0231. The van der Waals surface area contributed by atoms with Crippen LogP contribution in [0.4, 0.5) is 0 Å². The van der Waals surface area contributed by atoms with Crippen LogP contribution in [0, 0.1) is 5.92 Å². The van der Waals surface area contributed by atoms with E-state index in [0.717, 1.165) is 36.1 Å². The first kappa shape index (κ1) is 12.1. The van der Waals surface area contributed by atoms with E-state index in [4.69, 9.17) is 0 Å². The zero-order valence-corrected chi connectivity index (χ0v) is 11.3. The Morgan fingerprint density at radius 2 is 2.44 bits per heavy atom. The lowest BCUT2D eigenvalue weighted by atomic mass is 9.81. The molecule has 1 aliphatic heterocycles. The summed E-state index contributed by atoms with van der Waals surface area (Å²) >= 11 is 3.46. The number of hydrogen-bond donors (Lipinski definition) is 2. The first-order valence-electron chi connectivity index (χ1n) is 5.64. The summed E-state index contributed by atoms with van der Waals surface area (Å²) in [5.41, 5.74) is 0.0264. The number of aromatic nitrogens is 2. The van der Waals surface area contributed by atoms with Gasteiger partial charge in [-0.05, 0) is 42.2 Å². The van der Waals surface area contributed by atoms with Crippen molar-refractivity contribution in [2.75, 3.05) is 13.1 Å². The molecule has 2 unspecified atom stereocenters. The van der Waals surface area contributed by atoms with E-state index in [2.05, 4.69) is 26.3 Å². The van der Waals surface area contributed by atoms with Gasteiger partial charge in [0.1, 0.15) is 5.60 Å². The average molecular weight is 288 g/mol. The average Bonchev–Trinajstić information content (AvgIpc) is 2.60. The molecular weight excluding hydrogens is 270 g/mol. The molecule has 2 atom stereocenters. The van der Waals surface area contributed by atoms with Crippen LogP contribution in [0.2, 0.25) is 0 Å². The van der Waals surface area contributed by atoms with Gasteiger partial charge in [0.05, 0.1) is 16.4 Å². The van der Waals surface area contributed by atoms with E-state index < -0.39 is 5.60 Å². The molecule has 90 valence electrons. The van der Waals surface area contributed by atoms with Gasteiger partial charge < -0.3 is 10.4 Å². The predicted octanol–water partition coefficient (Wildman–Crippen LogP) is 1.39. The van der Waals surface area contributed by atoms with Crippen molar-refractivity contribution < 1.29 is 5.11 Å². The Balaban J connectivity index is 2.29. The summed E-state index contributed by atoms with van der Waals surface area (Å²) < 4.78 is 2.63. The van der Waals surface area contributed by atoms with Crippen LogP contribution in [0.25, 0.3) is 0 Å². The number of nitrogens with zero attached hydrogens (tertiary/aromatic N) is 2. The second kappa shape index (κ2) is 4.47. The Hall–Kier alpha value is -0.390. The molecule has 0 saturated carbocycles. The highest BCUT2D eigenvalue weighted by molar-refractivity contribution is 9.10. The second-order valence-corrected chi connectivity index (χ2v) is 5.51. The molecule has 0 radical (unpaired) electrons. The molecule has 1 aromatic heterocycles. The number of hydrogen-bond acceptors (Lipinski definition) is 3. The molecular formula is C11H18BrN3O. The number of aryl methyl sites for hydroxylation is 1. The fourth-order valence-corrected chi connectivity index (χ4v) is 3.25. The quantitative estimate of drug-likeness (QED) is 0.864. The van der Waals surface area contributed by atoms with Crippen molar-refractivity contribution in [3.05, 3.63) is 16.4 Å². The Morgan fingerprint density at radius 3 is 2.94 bits per heavy atom. The predicted molar refractivity (Wildman–Crippen MR) is 66.1 cm³/mol. The molecule has 2 heterocycles. The minimum atomic E-state index is -0.836. The van der Waals surface area contributed by atoms with Gasteiger partial charge in [-0.15, -0.1) is 0 Å². The molecule has 16 heavy (non-hydrogen) atoms. The highest BCUT2D eigenvalue weighted by Gasteiger charge is 2.38. The van der Waals surface area contributed by atoms with Crippen molar-refractivity contribution in [2.24, 2.45) is 13.0 Å². The van der Waals surface area contributed by atoms with Crippen molar-refractivity contribution in [1.82, 2.24) is 15.1 Å². The molecule has 0 aliphatic carbocycles. The Bertz CT molecular complexity index is 350. The maximum atomic E-state index is 10.7. The number of halogens is 1. The topological polar surface area (TPSA) is 50.1 Å². The molecule has 2 N–H and O–H groups in total. The molecule has 1 saturated heterocycles. The summed E-state index contributed by atoms with van der Waals surface area (Å²) in [5.74, 6) is 0.243. The van der Waals surface area contributed by atoms with Gasteiger partial charge in [0.2, 0.25) is 0 Å². The molecule has 0 amide bonds. The van der Waals surface area contributed by atoms with Crippen LogP contribution in [-0.2, 0) is 12.6 Å². The third-order valence-electron chi connectivity index (χ3n) is 3.47. The molecule has 1 fully saturated rings. The Kier molecular flexibility index (Phi) is 3.37. The summed E-state index contributed by atoms with van der Waals surface area (Å²) in [6.07, 6.45) is 3.91. The van der Waals surface area contributed by atoms with Crippen LogP contribution in [0.1, 0.15) is 25.5 Å². The fourth-order valence-electron chi connectivity index (χ4n) is 2.51. The van der Waals surface area contributed by atoms with Gasteiger partial charge in [0.25, 0.3) is 0 Å². The highest BCUT2D eigenvalue weighted by Crippen LogP contribution is 2.36. The lowest BCUT2D eigenvalue weighted by Gasteiger charge is -2.36. The second-order valence-electron chi connectivity index (χ2n) is 4.66. The molecule has 0 bridgehead atoms. The molecule has 5 heteroatoms. The fraction of sp³-hybridized carbons (Fsp3) is 0.727. The van der Waals surface area contributed by atoms with Crippen molar-refractivity contribution in [3.63, 3.8) is 0 Å². The van der Waals surface area contributed by atoms with Crippen molar-refractivity contribution in [1.29, 1.82) is 0 Å². The maximum absolute atomic E-state index is 10.7. The van der Waals surface area contributed by atoms with Gasteiger partial charge in [0.15, 0.2) is 0 Å². The van der Waals surface area contributed by atoms with E-state index in [1.807, 2.05) is 14.0 Å². The first-order valence-corrected chi connectivity index (χ1v) is 6.44. The summed E-state index contributed by atoms with van der Waals surface area (Å²) in [5, 5.41) is 18.2. The molecule has 2 rings (SSSR count). The number of rotatable bonds is 2. The number of nitrogens with one attached hydrogen (secondary N) is 1. The van der Waals surface area contributed by atoms with Crippen molar-refractivity contribution in [3.8, 4) is 0 Å². The van der Waals surface area contributed by atoms with E-state index in [-0.39, 0.29) is 5.92 Å². The normalized spacial score (nSPS) is 25.4. The summed E-state index contributed by atoms with van der Waals surface area (Å²) in [6.45, 7) is 3.80. The van der Waals surface area contributed by atoms with Crippen LogP contribution in [0.5, 0.6) is 0 Å². The Morgan fingerprint density at radius 1 is 1.69 bits per heavy atom. The van der Waals surface area contributed by atoms with Crippen LogP contribution in [0.3, 0.4) is 0 Å². The van der Waals surface area contributed by atoms with Gasteiger partial charge in [0, 0.05) is 19.5 Å². The zero-order chi connectivity index (χ0) is 11.8. The summed E-state index contributed by atoms with van der Waals surface area (Å²) in [6, 6.07) is 0. The smallest absolute Gasteiger partial charge is 0.109 e. The largest absolute Gasteiger partial charge is 0.383 e. The van der Waals surface area contributed by atoms with E-state index in [1.54, 1.807) is 10.9 Å². The standard InChI is InChI=1S/C11H18BrN3O/c1-11(16,8-4-3-5-13-6-8)10-9(12)7-14-15(10)2/h7-8,13,16H,3-6H2,1-2H3. The first-order chi connectivity index (χ1) is 7.53. The molecule has 4 nitrogen and oxygen atoms in total. The van der Waals surface area contributed by atoms with Gasteiger partial charge in [-0.1, -0.05) is 0 Å². The van der Waals surface area contributed by atoms with E-state index in [9.17, 15) is 5.11 Å². The highest BCUT2D eigenvalue weighted by atomic mass is 79.9. The van der Waals surface area contributed by atoms with Crippen molar-refractivity contribution >= 4 is 15.9 Å². The van der Waals surface area contributed by atoms with Gasteiger partial charge in [-0.3, -0.25) is 4.68 Å². The minimum absolute atomic E-state index is 0.243. The van der Waals surface area contributed by atoms with Gasteiger partial charge in [-0.25, -0.2) is 0 Å². The van der Waals surface area contributed by atoms with E-state index in [1.165, 1.54) is 0 Å². The third kappa shape index (κ3) is 2.04. The van der Waals surface area contributed by atoms with Crippen molar-refractivity contribution in [2.45, 2.75) is 25.4 Å². The monoisotopic (exact) mass is 287 g/mol. The van der Waals surface area contributed by atoms with Gasteiger partial charge >= 0.3 is 0 Å². The molecule has 0 aromatic carbocycles. The van der Waals surface area contributed by atoms with Gasteiger partial charge in [-0.2, -0.15) is 5.10 Å². The molecule has 1 aromatic rings. The molecule has 0 spiro atoms. The van der Waals surface area contributed by atoms with Crippen LogP contribution < -0.4 is 5.32 Å². The van der Waals surface area contributed by atoms with E-state index in [0.29, 0.717) is 0 Å². The summed E-state index contributed by atoms with van der Waals surface area (Å²) in [7, 11) is 1.87. The Labute approximate surface area is 104 Å². The molecule has 1 aliphatic rings. The number of aliphatic hydroxyl groups is 1. The SMILES string of the molecule is Cn1ncc(Br)c1C(C)(O)C1CCCNC1. The van der Waals surface area contributed by atoms with E-state index >= 15 is 0 Å². The number of piperidine rings is 1. The maximum Gasteiger partial charge on any atom is 0.109 e. The summed E-state index contributed by atoms with van der Waals surface area (Å²) in [4.78, 5) is 0. The minimum Gasteiger partial charge on any atom is -0.383 e. The zero-order valence-electron chi connectivity index (χ0n) is 9.70. The third-order valence-corrected chi connectivity index (χ3v) is 4.05. The lowest BCUT2D eigenvalue weighted by Crippen LogP contribution is -2.43. The van der Waals surface area contributed by atoms with Crippen LogP contribution in [-0.4, -0.2) is 28.0 Å². The van der Waals surface area contributed by atoms with Crippen LogP contribution >= 0.6 is 15.9 Å².